The number of carbonyl (C=O) groups excluding carboxylic acids is 2. The van der Waals surface area contributed by atoms with Crippen molar-refractivity contribution >= 4 is 69.8 Å². The number of aryl methyl sites for hydroxylation is 1. The Morgan fingerprint density at radius 2 is 1.81 bits per heavy atom. The van der Waals surface area contributed by atoms with E-state index in [0.717, 1.165) is 16.8 Å². The zero-order valence-corrected chi connectivity index (χ0v) is 22.6. The average Bonchev–Trinajstić information content (AvgIpc) is 3.23. The standard InChI is InChI=1S/C26H23Cl3N2O4S/c1-3-34-22-11-16(26-31(24(33)14-36-26)19-8-5-17(27)6-9-19)10-21(29)25(22)35-13-23(32)30-18-7-4-15(2)20(28)12-18/h4-12,26H,3,13-14H2,1-2H3,(H,30,32)/t26-/m0/s1. The van der Waals surface area contributed by atoms with Crippen LogP contribution in [0.15, 0.2) is 54.6 Å². The van der Waals surface area contributed by atoms with Crippen LogP contribution < -0.4 is 19.7 Å². The molecule has 3 aromatic carbocycles. The monoisotopic (exact) mass is 564 g/mol. The summed E-state index contributed by atoms with van der Waals surface area (Å²) in [6.07, 6.45) is 0. The number of benzene rings is 3. The van der Waals surface area contributed by atoms with Crippen molar-refractivity contribution in [2.24, 2.45) is 0 Å². The summed E-state index contributed by atoms with van der Waals surface area (Å²) in [6.45, 7) is 3.80. The van der Waals surface area contributed by atoms with Gasteiger partial charge in [0.15, 0.2) is 18.1 Å². The van der Waals surface area contributed by atoms with E-state index < -0.39 is 0 Å². The van der Waals surface area contributed by atoms with E-state index in [9.17, 15) is 9.59 Å². The molecule has 1 heterocycles. The van der Waals surface area contributed by atoms with E-state index in [1.807, 2.05) is 32.0 Å². The van der Waals surface area contributed by atoms with Gasteiger partial charge in [0, 0.05) is 21.4 Å². The van der Waals surface area contributed by atoms with Crippen molar-refractivity contribution in [2.75, 3.05) is 29.2 Å². The number of nitrogens with zero attached hydrogens (tertiary/aromatic N) is 1. The third-order valence-corrected chi connectivity index (χ3v) is 7.54. The summed E-state index contributed by atoms with van der Waals surface area (Å²) in [6, 6.07) is 15.9. The summed E-state index contributed by atoms with van der Waals surface area (Å²) in [4.78, 5) is 26.9. The van der Waals surface area contributed by atoms with Crippen molar-refractivity contribution < 1.29 is 19.1 Å². The second-order valence-electron chi connectivity index (χ2n) is 7.97. The van der Waals surface area contributed by atoms with E-state index in [4.69, 9.17) is 44.3 Å². The van der Waals surface area contributed by atoms with Gasteiger partial charge in [-0.05, 0) is 73.5 Å². The average molecular weight is 566 g/mol. The van der Waals surface area contributed by atoms with Gasteiger partial charge in [-0.1, -0.05) is 40.9 Å². The Labute approximate surface area is 228 Å². The van der Waals surface area contributed by atoms with Crippen LogP contribution >= 0.6 is 46.6 Å². The minimum atomic E-state index is -0.372. The lowest BCUT2D eigenvalue weighted by Gasteiger charge is -2.25. The summed E-state index contributed by atoms with van der Waals surface area (Å²) < 4.78 is 11.6. The molecule has 4 rings (SSSR count). The van der Waals surface area contributed by atoms with Gasteiger partial charge in [0.1, 0.15) is 5.37 Å². The Bertz CT molecular complexity index is 1290. The highest BCUT2D eigenvalue weighted by molar-refractivity contribution is 8.00. The van der Waals surface area contributed by atoms with E-state index in [1.54, 1.807) is 41.3 Å². The molecule has 0 spiro atoms. The number of anilines is 2. The highest BCUT2D eigenvalue weighted by Gasteiger charge is 2.35. The van der Waals surface area contributed by atoms with Gasteiger partial charge in [0.25, 0.3) is 5.91 Å². The maximum atomic E-state index is 12.7. The number of nitrogens with one attached hydrogen (secondary N) is 1. The Hall–Kier alpha value is -2.58. The van der Waals surface area contributed by atoms with Crippen molar-refractivity contribution in [3.63, 3.8) is 0 Å². The summed E-state index contributed by atoms with van der Waals surface area (Å²) in [5.74, 6) is 0.586. The van der Waals surface area contributed by atoms with Crippen molar-refractivity contribution in [3.05, 3.63) is 80.8 Å². The molecule has 3 aromatic rings. The lowest BCUT2D eigenvalue weighted by Crippen LogP contribution is -2.27. The summed E-state index contributed by atoms with van der Waals surface area (Å²) in [7, 11) is 0. The molecule has 0 aliphatic carbocycles. The fourth-order valence-electron chi connectivity index (χ4n) is 3.69. The maximum Gasteiger partial charge on any atom is 0.262 e. The van der Waals surface area contributed by atoms with Crippen LogP contribution in [0.5, 0.6) is 11.5 Å². The van der Waals surface area contributed by atoms with Gasteiger partial charge in [0.05, 0.1) is 17.4 Å². The predicted octanol–water partition coefficient (Wildman–Crippen LogP) is 7.15. The smallest absolute Gasteiger partial charge is 0.262 e. The Balaban J connectivity index is 1.54. The molecule has 10 heteroatoms. The largest absolute Gasteiger partial charge is 0.490 e. The van der Waals surface area contributed by atoms with E-state index in [1.165, 1.54) is 11.8 Å². The lowest BCUT2D eigenvalue weighted by atomic mass is 10.1. The van der Waals surface area contributed by atoms with Gasteiger partial charge >= 0.3 is 0 Å². The first-order valence-corrected chi connectivity index (χ1v) is 13.3. The molecule has 188 valence electrons. The number of ether oxygens (including phenoxy) is 2. The van der Waals surface area contributed by atoms with E-state index in [0.29, 0.717) is 33.8 Å². The van der Waals surface area contributed by atoms with Crippen LogP contribution in [0.25, 0.3) is 0 Å². The van der Waals surface area contributed by atoms with E-state index in [2.05, 4.69) is 5.32 Å². The summed E-state index contributed by atoms with van der Waals surface area (Å²) in [5, 5.41) is 3.87. The fourth-order valence-corrected chi connectivity index (χ4v) is 5.43. The third-order valence-electron chi connectivity index (χ3n) is 5.39. The molecule has 0 unspecified atom stereocenters. The zero-order valence-electron chi connectivity index (χ0n) is 19.5. The predicted molar refractivity (Wildman–Crippen MR) is 147 cm³/mol. The molecule has 6 nitrogen and oxygen atoms in total. The number of thioether (sulfide) groups is 1. The Kier molecular flexibility index (Phi) is 8.57. The number of rotatable bonds is 8. The van der Waals surface area contributed by atoms with Gasteiger partial charge in [-0.15, -0.1) is 11.8 Å². The summed E-state index contributed by atoms with van der Waals surface area (Å²) >= 11 is 20.2. The van der Waals surface area contributed by atoms with Gasteiger partial charge < -0.3 is 14.8 Å². The minimum Gasteiger partial charge on any atom is -0.490 e. The van der Waals surface area contributed by atoms with Crippen LogP contribution in [-0.4, -0.2) is 30.8 Å². The molecule has 36 heavy (non-hydrogen) atoms. The molecule has 0 radical (unpaired) electrons. The molecule has 1 aliphatic rings. The van der Waals surface area contributed by atoms with Crippen molar-refractivity contribution in [1.29, 1.82) is 0 Å². The quantitative estimate of drug-likeness (QED) is 0.314. The topological polar surface area (TPSA) is 67.9 Å². The molecule has 2 amide bonds. The number of hydrogen-bond acceptors (Lipinski definition) is 5. The van der Waals surface area contributed by atoms with Crippen LogP contribution in [0.3, 0.4) is 0 Å². The first-order chi connectivity index (χ1) is 17.3. The molecular weight excluding hydrogens is 543 g/mol. The Morgan fingerprint density at radius 1 is 1.06 bits per heavy atom. The minimum absolute atomic E-state index is 0.0189. The van der Waals surface area contributed by atoms with Gasteiger partial charge in [-0.3, -0.25) is 14.5 Å². The molecule has 1 aliphatic heterocycles. The second kappa shape index (κ2) is 11.6. The van der Waals surface area contributed by atoms with Crippen molar-refractivity contribution in [3.8, 4) is 11.5 Å². The van der Waals surface area contributed by atoms with Crippen LogP contribution in [0, 0.1) is 6.92 Å². The van der Waals surface area contributed by atoms with E-state index in [-0.39, 0.29) is 34.6 Å². The normalized spacial score (nSPS) is 15.2. The van der Waals surface area contributed by atoms with Gasteiger partial charge in [0.2, 0.25) is 5.91 Å². The molecule has 0 bridgehead atoms. The number of carbonyl (C=O) groups is 2. The second-order valence-corrected chi connectivity index (χ2v) is 10.3. The first-order valence-electron chi connectivity index (χ1n) is 11.1. The molecule has 1 saturated heterocycles. The molecule has 1 atom stereocenters. The Morgan fingerprint density at radius 3 is 2.50 bits per heavy atom. The van der Waals surface area contributed by atoms with Crippen LogP contribution in [0.2, 0.25) is 15.1 Å². The number of hydrogen-bond donors (Lipinski definition) is 1. The lowest BCUT2D eigenvalue weighted by molar-refractivity contribution is -0.118. The number of halogens is 3. The fraction of sp³-hybridized carbons (Fsp3) is 0.231. The molecule has 0 saturated carbocycles. The molecule has 1 N–H and O–H groups in total. The number of amides is 2. The molecular formula is C26H23Cl3N2O4S. The first kappa shape index (κ1) is 26.5. The highest BCUT2D eigenvalue weighted by Crippen LogP contribution is 2.46. The molecule has 0 aromatic heterocycles. The zero-order chi connectivity index (χ0) is 25.8. The third kappa shape index (κ3) is 6.03. The maximum absolute atomic E-state index is 12.7. The van der Waals surface area contributed by atoms with E-state index >= 15 is 0 Å². The van der Waals surface area contributed by atoms with Crippen molar-refractivity contribution in [2.45, 2.75) is 19.2 Å². The highest BCUT2D eigenvalue weighted by atomic mass is 35.5. The van der Waals surface area contributed by atoms with Gasteiger partial charge in [-0.25, -0.2) is 0 Å². The van der Waals surface area contributed by atoms with Crippen molar-refractivity contribution in [1.82, 2.24) is 0 Å². The van der Waals surface area contributed by atoms with Gasteiger partial charge in [-0.2, -0.15) is 0 Å². The van der Waals surface area contributed by atoms with Crippen LogP contribution in [-0.2, 0) is 9.59 Å². The van der Waals surface area contributed by atoms with Crippen LogP contribution in [0.4, 0.5) is 11.4 Å². The summed E-state index contributed by atoms with van der Waals surface area (Å²) in [5.41, 5.74) is 2.99. The molecule has 1 fully saturated rings. The van der Waals surface area contributed by atoms with Crippen LogP contribution in [0.1, 0.15) is 23.4 Å². The SMILES string of the molecule is CCOc1cc([C@@H]2SCC(=O)N2c2ccc(Cl)cc2)cc(Cl)c1OCC(=O)Nc1ccc(C)c(Cl)c1.